The van der Waals surface area contributed by atoms with Gasteiger partial charge in [-0.15, -0.1) is 11.3 Å². The van der Waals surface area contributed by atoms with Gasteiger partial charge in [-0.05, 0) is 66.6 Å². The molecule has 0 saturated carbocycles. The Hall–Kier alpha value is -3.25. The van der Waals surface area contributed by atoms with E-state index in [4.69, 9.17) is 0 Å². The van der Waals surface area contributed by atoms with Gasteiger partial charge in [-0.3, -0.25) is 9.59 Å². The van der Waals surface area contributed by atoms with E-state index in [-0.39, 0.29) is 36.3 Å². The summed E-state index contributed by atoms with van der Waals surface area (Å²) >= 11 is 1.68. The van der Waals surface area contributed by atoms with Crippen LogP contribution in [-0.2, 0) is 16.0 Å². The molecule has 1 aliphatic heterocycles. The van der Waals surface area contributed by atoms with Gasteiger partial charge in [-0.25, -0.2) is 4.39 Å². The number of benzene rings is 2. The molecule has 0 N–H and O–H groups in total. The van der Waals surface area contributed by atoms with Crippen LogP contribution < -0.4 is 0 Å². The van der Waals surface area contributed by atoms with Crippen LogP contribution in [0.4, 0.5) is 4.39 Å². The van der Waals surface area contributed by atoms with E-state index < -0.39 is 0 Å². The van der Waals surface area contributed by atoms with Gasteiger partial charge in [0.15, 0.2) is 0 Å². The van der Waals surface area contributed by atoms with Crippen molar-refractivity contribution >= 4 is 29.2 Å². The number of carbonyl (C=O) groups excluding carboxylic acids is 2. The van der Waals surface area contributed by atoms with Crippen LogP contribution in [0.25, 0.3) is 6.08 Å². The monoisotopic (exact) mass is 462 g/mol. The molecule has 2 amide bonds. The van der Waals surface area contributed by atoms with Crippen LogP contribution in [0.5, 0.6) is 0 Å². The van der Waals surface area contributed by atoms with Gasteiger partial charge in [-0.2, -0.15) is 0 Å². The minimum absolute atomic E-state index is 0.00715. The van der Waals surface area contributed by atoms with E-state index in [0.29, 0.717) is 6.54 Å². The third-order valence-electron chi connectivity index (χ3n) is 5.90. The van der Waals surface area contributed by atoms with Crippen LogP contribution in [0.3, 0.4) is 0 Å². The second-order valence-electron chi connectivity index (χ2n) is 8.39. The summed E-state index contributed by atoms with van der Waals surface area (Å²) in [7, 11) is 0. The SMILES string of the molecule is CC(C)N(CC(=O)N1CCc2sccc2C1c1ccc(F)cc1)C(=O)C=Cc1ccccc1. The van der Waals surface area contributed by atoms with Gasteiger partial charge < -0.3 is 9.80 Å². The average Bonchev–Trinajstić information content (AvgIpc) is 3.30. The summed E-state index contributed by atoms with van der Waals surface area (Å²) in [5.41, 5.74) is 2.88. The van der Waals surface area contributed by atoms with Crippen LogP contribution in [-0.4, -0.2) is 40.7 Å². The van der Waals surface area contributed by atoms with Gasteiger partial charge in [0.05, 0.1) is 6.04 Å². The molecule has 4 nitrogen and oxygen atoms in total. The summed E-state index contributed by atoms with van der Waals surface area (Å²) < 4.78 is 13.6. The number of fused-ring (bicyclic) bond motifs is 1. The first kappa shape index (κ1) is 22.9. The van der Waals surface area contributed by atoms with Crippen LogP contribution in [0, 0.1) is 5.82 Å². The molecule has 1 atom stereocenters. The molecular weight excluding hydrogens is 435 g/mol. The Kier molecular flexibility index (Phi) is 7.04. The normalized spacial score (nSPS) is 15.6. The first-order valence-corrected chi connectivity index (χ1v) is 12.0. The highest BCUT2D eigenvalue weighted by Crippen LogP contribution is 2.38. The lowest BCUT2D eigenvalue weighted by molar-refractivity contribution is -0.140. The van der Waals surface area contributed by atoms with E-state index in [1.54, 1.807) is 34.4 Å². The standard InChI is InChI=1S/C27H27FN2O2S/c1-19(2)30(25(31)13-8-20-6-4-3-5-7-20)18-26(32)29-16-14-24-23(15-17-33-24)27(29)21-9-11-22(28)12-10-21/h3-13,15,17,19,27H,14,16,18H2,1-2H3. The maximum atomic E-state index is 13.6. The molecule has 1 aromatic heterocycles. The van der Waals surface area contributed by atoms with Crippen molar-refractivity contribution < 1.29 is 14.0 Å². The number of hydrogen-bond donors (Lipinski definition) is 0. The highest BCUT2D eigenvalue weighted by molar-refractivity contribution is 7.10. The third-order valence-corrected chi connectivity index (χ3v) is 6.90. The zero-order valence-electron chi connectivity index (χ0n) is 18.8. The van der Waals surface area contributed by atoms with Crippen molar-refractivity contribution in [2.24, 2.45) is 0 Å². The molecule has 0 fully saturated rings. The van der Waals surface area contributed by atoms with Gasteiger partial charge in [0.1, 0.15) is 12.4 Å². The Bertz CT molecular complexity index is 1140. The van der Waals surface area contributed by atoms with Gasteiger partial charge in [-0.1, -0.05) is 42.5 Å². The molecule has 3 aromatic rings. The number of rotatable bonds is 6. The third kappa shape index (κ3) is 5.22. The van der Waals surface area contributed by atoms with E-state index in [9.17, 15) is 14.0 Å². The lowest BCUT2D eigenvalue weighted by atomic mass is 9.93. The van der Waals surface area contributed by atoms with Crippen molar-refractivity contribution in [3.8, 4) is 0 Å². The Balaban J connectivity index is 1.56. The molecule has 0 spiro atoms. The van der Waals surface area contributed by atoms with Crippen LogP contribution in [0.1, 0.15) is 41.5 Å². The van der Waals surface area contributed by atoms with E-state index >= 15 is 0 Å². The van der Waals surface area contributed by atoms with Crippen molar-refractivity contribution in [1.82, 2.24) is 9.80 Å². The summed E-state index contributed by atoms with van der Waals surface area (Å²) in [5.74, 6) is -0.620. The quantitative estimate of drug-likeness (QED) is 0.466. The van der Waals surface area contributed by atoms with Gasteiger partial charge in [0, 0.05) is 23.5 Å². The highest BCUT2D eigenvalue weighted by atomic mass is 32.1. The molecular formula is C27H27FN2O2S. The van der Waals surface area contributed by atoms with E-state index in [2.05, 4.69) is 0 Å². The Morgan fingerprint density at radius 3 is 2.55 bits per heavy atom. The predicted molar refractivity (Wildman–Crippen MR) is 130 cm³/mol. The molecule has 1 unspecified atom stereocenters. The zero-order valence-corrected chi connectivity index (χ0v) is 19.6. The summed E-state index contributed by atoms with van der Waals surface area (Å²) in [6.45, 7) is 4.37. The molecule has 2 heterocycles. The van der Waals surface area contributed by atoms with Crippen molar-refractivity contribution in [2.75, 3.05) is 13.1 Å². The molecule has 2 aromatic carbocycles. The number of carbonyl (C=O) groups is 2. The number of thiophene rings is 1. The molecule has 6 heteroatoms. The lowest BCUT2D eigenvalue weighted by Gasteiger charge is -2.38. The van der Waals surface area contributed by atoms with E-state index in [1.807, 2.05) is 60.5 Å². The molecule has 170 valence electrons. The number of hydrogen-bond acceptors (Lipinski definition) is 3. The Morgan fingerprint density at radius 1 is 1.12 bits per heavy atom. The highest BCUT2D eigenvalue weighted by Gasteiger charge is 2.34. The second-order valence-corrected chi connectivity index (χ2v) is 9.39. The van der Waals surface area contributed by atoms with Crippen molar-refractivity contribution in [3.05, 3.63) is 99.5 Å². The number of halogens is 1. The minimum Gasteiger partial charge on any atom is -0.330 e. The molecule has 0 aliphatic carbocycles. The summed E-state index contributed by atoms with van der Waals surface area (Å²) in [6, 6.07) is 17.6. The van der Waals surface area contributed by atoms with Crippen LogP contribution in [0.2, 0.25) is 0 Å². The van der Waals surface area contributed by atoms with Crippen molar-refractivity contribution in [1.29, 1.82) is 0 Å². The fraction of sp³-hybridized carbons (Fsp3) is 0.259. The molecule has 0 radical (unpaired) electrons. The first-order chi connectivity index (χ1) is 15.9. The Labute approximate surface area is 198 Å². The van der Waals surface area contributed by atoms with Crippen LogP contribution in [0.15, 0.2) is 72.1 Å². The maximum absolute atomic E-state index is 13.6. The zero-order chi connectivity index (χ0) is 23.4. The number of nitrogens with zero attached hydrogens (tertiary/aromatic N) is 2. The molecule has 0 saturated heterocycles. The van der Waals surface area contributed by atoms with Gasteiger partial charge in [0.25, 0.3) is 0 Å². The van der Waals surface area contributed by atoms with E-state index in [0.717, 1.165) is 23.1 Å². The van der Waals surface area contributed by atoms with Gasteiger partial charge in [0.2, 0.25) is 11.8 Å². The van der Waals surface area contributed by atoms with E-state index in [1.165, 1.54) is 23.1 Å². The minimum atomic E-state index is -0.306. The largest absolute Gasteiger partial charge is 0.330 e. The van der Waals surface area contributed by atoms with Crippen LogP contribution >= 0.6 is 11.3 Å². The van der Waals surface area contributed by atoms with Crippen molar-refractivity contribution in [3.63, 3.8) is 0 Å². The number of amides is 2. The summed E-state index contributed by atoms with van der Waals surface area (Å²) in [6.07, 6.45) is 4.06. The summed E-state index contributed by atoms with van der Waals surface area (Å²) in [5, 5.41) is 2.04. The second kappa shape index (κ2) is 10.1. The Morgan fingerprint density at radius 2 is 1.85 bits per heavy atom. The smallest absolute Gasteiger partial charge is 0.247 e. The topological polar surface area (TPSA) is 40.6 Å². The fourth-order valence-corrected chi connectivity index (χ4v) is 5.07. The van der Waals surface area contributed by atoms with Gasteiger partial charge >= 0.3 is 0 Å². The fourth-order valence-electron chi connectivity index (χ4n) is 4.17. The summed E-state index contributed by atoms with van der Waals surface area (Å²) in [4.78, 5) is 31.1. The van der Waals surface area contributed by atoms with Crippen molar-refractivity contribution in [2.45, 2.75) is 32.4 Å². The molecule has 33 heavy (non-hydrogen) atoms. The average molecular weight is 463 g/mol. The maximum Gasteiger partial charge on any atom is 0.247 e. The lowest BCUT2D eigenvalue weighted by Crippen LogP contribution is -2.48. The first-order valence-electron chi connectivity index (χ1n) is 11.1. The predicted octanol–water partition coefficient (Wildman–Crippen LogP) is 5.31. The molecule has 0 bridgehead atoms. The molecule has 1 aliphatic rings. The molecule has 4 rings (SSSR count).